The van der Waals surface area contributed by atoms with E-state index >= 15 is 0 Å². The molecule has 43 heavy (non-hydrogen) atoms. The van der Waals surface area contributed by atoms with E-state index in [4.69, 9.17) is 9.47 Å². The SMILES string of the molecule is C=C(C=CC(=CC)NC(=O)c1ccc(C(=O)N2CCC(Oc3ccc(NC(C)=O)cc3)CC2)cn1)Oc1ccc(F)cc1. The van der Waals surface area contributed by atoms with E-state index in [-0.39, 0.29) is 29.4 Å². The lowest BCUT2D eigenvalue weighted by molar-refractivity contribution is -0.114. The number of amides is 3. The van der Waals surface area contributed by atoms with Crippen LogP contribution in [0.1, 0.15) is 47.5 Å². The maximum absolute atomic E-state index is 13.1. The number of rotatable bonds is 10. The molecule has 10 heteroatoms. The average Bonchev–Trinajstić information content (AvgIpc) is 3.01. The van der Waals surface area contributed by atoms with Crippen molar-refractivity contribution in [1.82, 2.24) is 15.2 Å². The molecule has 2 aromatic carbocycles. The van der Waals surface area contributed by atoms with Gasteiger partial charge in [-0.1, -0.05) is 12.7 Å². The van der Waals surface area contributed by atoms with Gasteiger partial charge >= 0.3 is 0 Å². The van der Waals surface area contributed by atoms with E-state index in [0.717, 1.165) is 0 Å². The minimum atomic E-state index is -0.440. The molecule has 4 rings (SSSR count). The van der Waals surface area contributed by atoms with Crippen molar-refractivity contribution in [3.63, 3.8) is 0 Å². The number of aromatic nitrogens is 1. The van der Waals surface area contributed by atoms with Gasteiger partial charge < -0.3 is 25.0 Å². The van der Waals surface area contributed by atoms with E-state index in [1.54, 1.807) is 48.3 Å². The third-order valence-corrected chi connectivity index (χ3v) is 6.53. The minimum Gasteiger partial charge on any atom is -0.490 e. The monoisotopic (exact) mass is 584 g/mol. The molecule has 0 atom stereocenters. The van der Waals surface area contributed by atoms with Gasteiger partial charge in [0.25, 0.3) is 11.8 Å². The predicted octanol–water partition coefficient (Wildman–Crippen LogP) is 5.65. The van der Waals surface area contributed by atoms with Crippen molar-refractivity contribution >= 4 is 23.4 Å². The van der Waals surface area contributed by atoms with E-state index in [1.165, 1.54) is 43.5 Å². The van der Waals surface area contributed by atoms with Gasteiger partial charge in [0.15, 0.2) is 0 Å². The molecule has 1 saturated heterocycles. The number of carbonyl (C=O) groups excluding carboxylic acids is 3. The summed E-state index contributed by atoms with van der Waals surface area (Å²) in [5.41, 5.74) is 1.74. The largest absolute Gasteiger partial charge is 0.490 e. The first-order valence-electron chi connectivity index (χ1n) is 13.8. The fraction of sp³-hybridized carbons (Fsp3) is 0.212. The molecule has 0 bridgehead atoms. The van der Waals surface area contributed by atoms with Gasteiger partial charge in [-0.3, -0.25) is 19.4 Å². The molecule has 1 aliphatic heterocycles. The number of nitrogens with one attached hydrogen (secondary N) is 2. The molecule has 222 valence electrons. The van der Waals surface area contributed by atoms with Gasteiger partial charge in [-0.15, -0.1) is 0 Å². The van der Waals surface area contributed by atoms with Crippen molar-refractivity contribution in [1.29, 1.82) is 0 Å². The Bertz CT molecular complexity index is 1510. The van der Waals surface area contributed by atoms with Crippen LogP contribution in [0.25, 0.3) is 0 Å². The Kier molecular flexibility index (Phi) is 10.4. The number of pyridine rings is 1. The molecule has 1 aromatic heterocycles. The molecule has 0 spiro atoms. The second-order valence-electron chi connectivity index (χ2n) is 9.80. The Hall–Kier alpha value is -5.25. The van der Waals surface area contributed by atoms with Crippen LogP contribution in [0.4, 0.5) is 10.1 Å². The van der Waals surface area contributed by atoms with Gasteiger partial charge in [-0.25, -0.2) is 4.39 Å². The summed E-state index contributed by atoms with van der Waals surface area (Å²) in [5, 5.41) is 5.48. The second kappa shape index (κ2) is 14.6. The van der Waals surface area contributed by atoms with Gasteiger partial charge in [0.05, 0.1) is 5.56 Å². The number of hydrogen-bond acceptors (Lipinski definition) is 6. The fourth-order valence-electron chi connectivity index (χ4n) is 4.30. The normalized spacial score (nSPS) is 13.8. The molecule has 9 nitrogen and oxygen atoms in total. The summed E-state index contributed by atoms with van der Waals surface area (Å²) in [5.74, 6) is 0.341. The Labute approximate surface area is 249 Å². The molecule has 1 aliphatic rings. The highest BCUT2D eigenvalue weighted by molar-refractivity contribution is 5.97. The number of likely N-dealkylation sites (tertiary alicyclic amines) is 1. The Morgan fingerprint density at radius 1 is 0.977 bits per heavy atom. The molecule has 2 N–H and O–H groups in total. The Morgan fingerprint density at radius 2 is 1.65 bits per heavy atom. The maximum Gasteiger partial charge on any atom is 0.274 e. The van der Waals surface area contributed by atoms with Gasteiger partial charge in [-0.2, -0.15) is 0 Å². The standard InChI is InChI=1S/C33H33FN4O5/c1-4-26(9-5-22(2)42-28-12-7-25(34)8-13-28)37-32(40)31-16-6-24(21-35-31)33(41)38-19-17-30(18-20-38)43-29-14-10-27(11-15-29)36-23(3)39/h4-16,21,30H,2,17-20H2,1,3H3,(H,36,39)(H,37,40). The Morgan fingerprint density at radius 3 is 2.26 bits per heavy atom. The topological polar surface area (TPSA) is 110 Å². The van der Waals surface area contributed by atoms with Crippen LogP contribution in [-0.2, 0) is 4.79 Å². The maximum atomic E-state index is 13.1. The number of benzene rings is 2. The summed E-state index contributed by atoms with van der Waals surface area (Å²) in [6.45, 7) is 8.08. The van der Waals surface area contributed by atoms with E-state index < -0.39 is 5.91 Å². The number of allylic oxidation sites excluding steroid dienone is 3. The number of nitrogens with zero attached hydrogens (tertiary/aromatic N) is 2. The van der Waals surface area contributed by atoms with Crippen molar-refractivity contribution in [2.75, 3.05) is 18.4 Å². The number of hydrogen-bond donors (Lipinski definition) is 2. The molecule has 1 fully saturated rings. The zero-order valence-electron chi connectivity index (χ0n) is 24.0. The van der Waals surface area contributed by atoms with Crippen molar-refractivity contribution in [3.8, 4) is 11.5 Å². The lowest BCUT2D eigenvalue weighted by atomic mass is 10.1. The second-order valence-corrected chi connectivity index (χ2v) is 9.80. The molecule has 0 radical (unpaired) electrons. The van der Waals surface area contributed by atoms with E-state index in [2.05, 4.69) is 22.2 Å². The fourth-order valence-corrected chi connectivity index (χ4v) is 4.30. The van der Waals surface area contributed by atoms with Crippen molar-refractivity contribution < 1.29 is 28.2 Å². The molecule has 0 saturated carbocycles. The number of ether oxygens (including phenoxy) is 2. The highest BCUT2D eigenvalue weighted by Crippen LogP contribution is 2.22. The third kappa shape index (κ3) is 9.12. The predicted molar refractivity (Wildman–Crippen MR) is 161 cm³/mol. The van der Waals surface area contributed by atoms with Crippen LogP contribution >= 0.6 is 0 Å². The van der Waals surface area contributed by atoms with Crippen LogP contribution in [0.3, 0.4) is 0 Å². The van der Waals surface area contributed by atoms with Crippen LogP contribution in [-0.4, -0.2) is 46.8 Å². The van der Waals surface area contributed by atoms with Crippen LogP contribution < -0.4 is 20.1 Å². The third-order valence-electron chi connectivity index (χ3n) is 6.53. The van der Waals surface area contributed by atoms with E-state index in [9.17, 15) is 18.8 Å². The van der Waals surface area contributed by atoms with Crippen LogP contribution in [0.2, 0.25) is 0 Å². The van der Waals surface area contributed by atoms with E-state index in [1.807, 2.05) is 12.1 Å². The molecule has 2 heterocycles. The smallest absolute Gasteiger partial charge is 0.274 e. The summed E-state index contributed by atoms with van der Waals surface area (Å²) < 4.78 is 24.6. The summed E-state index contributed by atoms with van der Waals surface area (Å²) >= 11 is 0. The molecular formula is C33H33FN4O5. The van der Waals surface area contributed by atoms with Gasteiger partial charge in [0, 0.05) is 50.4 Å². The highest BCUT2D eigenvalue weighted by Gasteiger charge is 2.25. The summed E-state index contributed by atoms with van der Waals surface area (Å²) in [7, 11) is 0. The zero-order chi connectivity index (χ0) is 30.8. The first-order chi connectivity index (χ1) is 20.7. The Balaban J connectivity index is 1.24. The molecular weight excluding hydrogens is 551 g/mol. The lowest BCUT2D eigenvalue weighted by Crippen LogP contribution is -2.41. The number of carbonyl (C=O) groups is 3. The highest BCUT2D eigenvalue weighted by atomic mass is 19.1. The number of anilines is 1. The van der Waals surface area contributed by atoms with Crippen LogP contribution in [0, 0.1) is 5.82 Å². The average molecular weight is 585 g/mol. The van der Waals surface area contributed by atoms with Crippen molar-refractivity contribution in [3.05, 3.63) is 120 Å². The lowest BCUT2D eigenvalue weighted by Gasteiger charge is -2.32. The zero-order valence-corrected chi connectivity index (χ0v) is 24.0. The molecule has 0 unspecified atom stereocenters. The minimum absolute atomic E-state index is 0.0265. The molecule has 3 amide bonds. The number of piperidine rings is 1. The number of halogens is 1. The summed E-state index contributed by atoms with van der Waals surface area (Å²) in [6, 6.07) is 15.8. The summed E-state index contributed by atoms with van der Waals surface area (Å²) in [6.07, 6.45) is 7.62. The van der Waals surface area contributed by atoms with Crippen molar-refractivity contribution in [2.45, 2.75) is 32.8 Å². The van der Waals surface area contributed by atoms with Gasteiger partial charge in [0.2, 0.25) is 5.91 Å². The van der Waals surface area contributed by atoms with Gasteiger partial charge in [-0.05, 0) is 79.7 Å². The quantitative estimate of drug-likeness (QED) is 0.236. The molecule has 3 aromatic rings. The first kappa shape index (κ1) is 30.7. The molecule has 0 aliphatic carbocycles. The van der Waals surface area contributed by atoms with Gasteiger partial charge in [0.1, 0.15) is 34.9 Å². The first-order valence-corrected chi connectivity index (χ1v) is 13.8. The van der Waals surface area contributed by atoms with Crippen LogP contribution in [0.15, 0.2) is 103 Å². The summed E-state index contributed by atoms with van der Waals surface area (Å²) in [4.78, 5) is 42.9. The van der Waals surface area contributed by atoms with Crippen molar-refractivity contribution in [2.24, 2.45) is 0 Å². The van der Waals surface area contributed by atoms with E-state index in [0.29, 0.717) is 60.1 Å². The van der Waals surface area contributed by atoms with Crippen LogP contribution in [0.5, 0.6) is 11.5 Å².